The molecule has 1 N–H and O–H groups in total. The molecule has 2 aliphatic heterocycles. The summed E-state index contributed by atoms with van der Waals surface area (Å²) in [6.07, 6.45) is 5.05. The molecule has 3 fully saturated rings. The summed E-state index contributed by atoms with van der Waals surface area (Å²) in [5.41, 5.74) is 1.78. The van der Waals surface area contributed by atoms with E-state index in [0.29, 0.717) is 23.2 Å². The summed E-state index contributed by atoms with van der Waals surface area (Å²) < 4.78 is 11.8. The van der Waals surface area contributed by atoms with E-state index in [0.717, 1.165) is 31.7 Å². The highest BCUT2D eigenvalue weighted by Crippen LogP contribution is 2.62. The van der Waals surface area contributed by atoms with E-state index in [1.165, 1.54) is 18.4 Å². The van der Waals surface area contributed by atoms with Gasteiger partial charge in [0.2, 0.25) is 11.8 Å². The number of likely N-dealkylation sites (tertiary alicyclic amines) is 1. The molecule has 2 aliphatic carbocycles. The zero-order valence-electron chi connectivity index (χ0n) is 15.9. The number of para-hydroxylation sites is 1. The fourth-order valence-corrected chi connectivity index (χ4v) is 4.93. The second-order valence-electron chi connectivity index (χ2n) is 8.81. The Hall–Kier alpha value is -2.57. The molecule has 1 amide bonds. The molecule has 6 rings (SSSR count). The van der Waals surface area contributed by atoms with Crippen molar-refractivity contribution in [2.75, 3.05) is 18.4 Å². The van der Waals surface area contributed by atoms with E-state index in [2.05, 4.69) is 21.6 Å². The van der Waals surface area contributed by atoms with E-state index in [9.17, 15) is 4.79 Å². The third-order valence-corrected chi connectivity index (χ3v) is 7.02. The molecular weight excluding hydrogens is 356 g/mol. The molecular formula is C21H24N4O3. The van der Waals surface area contributed by atoms with Crippen molar-refractivity contribution in [1.82, 2.24) is 15.1 Å². The van der Waals surface area contributed by atoms with Crippen molar-refractivity contribution >= 4 is 11.9 Å². The van der Waals surface area contributed by atoms with Crippen molar-refractivity contribution in [1.29, 1.82) is 0 Å². The second-order valence-corrected chi connectivity index (χ2v) is 8.81. The summed E-state index contributed by atoms with van der Waals surface area (Å²) in [5.74, 6) is 2.06. The third kappa shape index (κ3) is 2.52. The van der Waals surface area contributed by atoms with Crippen LogP contribution in [0.1, 0.15) is 55.9 Å². The molecule has 4 aliphatic rings. The molecule has 2 saturated carbocycles. The molecule has 3 heterocycles. The van der Waals surface area contributed by atoms with Gasteiger partial charge in [0.15, 0.2) is 0 Å². The van der Waals surface area contributed by atoms with Crippen molar-refractivity contribution in [2.45, 2.75) is 56.6 Å². The second kappa shape index (κ2) is 5.72. The first-order valence-electron chi connectivity index (χ1n) is 10.3. The van der Waals surface area contributed by atoms with E-state index in [-0.39, 0.29) is 24.0 Å². The maximum atomic E-state index is 12.7. The number of hydrogen-bond acceptors (Lipinski definition) is 6. The molecule has 0 bridgehead atoms. The normalized spacial score (nSPS) is 29.6. The van der Waals surface area contributed by atoms with Gasteiger partial charge in [0, 0.05) is 24.6 Å². The third-order valence-electron chi connectivity index (χ3n) is 7.02. The van der Waals surface area contributed by atoms with Gasteiger partial charge in [-0.05, 0) is 44.1 Å². The van der Waals surface area contributed by atoms with E-state index >= 15 is 0 Å². The van der Waals surface area contributed by atoms with Crippen molar-refractivity contribution in [3.05, 3.63) is 35.7 Å². The number of carbonyl (C=O) groups excluding carboxylic acids is 1. The highest BCUT2D eigenvalue weighted by Gasteiger charge is 2.62. The van der Waals surface area contributed by atoms with Gasteiger partial charge in [-0.15, -0.1) is 5.10 Å². The van der Waals surface area contributed by atoms with Crippen LogP contribution in [0.15, 0.2) is 28.7 Å². The quantitative estimate of drug-likeness (QED) is 0.878. The zero-order valence-corrected chi connectivity index (χ0v) is 15.9. The predicted octanol–water partition coefficient (Wildman–Crippen LogP) is 2.91. The van der Waals surface area contributed by atoms with E-state index in [4.69, 9.17) is 9.15 Å². The van der Waals surface area contributed by atoms with Crippen molar-refractivity contribution < 1.29 is 13.9 Å². The van der Waals surface area contributed by atoms with Crippen molar-refractivity contribution in [2.24, 2.45) is 5.41 Å². The highest BCUT2D eigenvalue weighted by molar-refractivity contribution is 5.83. The summed E-state index contributed by atoms with van der Waals surface area (Å²) >= 11 is 0. The first kappa shape index (κ1) is 16.4. The van der Waals surface area contributed by atoms with Crippen LogP contribution in [0.25, 0.3) is 0 Å². The average Bonchev–Trinajstić information content (AvgIpc) is 3.52. The summed E-state index contributed by atoms with van der Waals surface area (Å²) in [7, 11) is 0. The van der Waals surface area contributed by atoms with Gasteiger partial charge in [-0.25, -0.2) is 0 Å². The number of anilines is 1. The number of nitrogens with one attached hydrogen (secondary N) is 1. The summed E-state index contributed by atoms with van der Waals surface area (Å²) in [4.78, 5) is 14.7. The van der Waals surface area contributed by atoms with Gasteiger partial charge in [-0.1, -0.05) is 23.3 Å². The van der Waals surface area contributed by atoms with Crippen LogP contribution in [0, 0.1) is 5.41 Å². The van der Waals surface area contributed by atoms with Gasteiger partial charge in [-0.3, -0.25) is 4.79 Å². The molecule has 28 heavy (non-hydrogen) atoms. The number of aromatic nitrogens is 2. The molecule has 2 aromatic rings. The highest BCUT2D eigenvalue weighted by atomic mass is 16.5. The SMILES string of the molecule is CC(Nc1nnc(C2C3Oc4ccccc4C32)o1)C(=O)N1CCC2(CC1)CC2. The van der Waals surface area contributed by atoms with Gasteiger partial charge in [-0.2, -0.15) is 0 Å². The number of carbonyl (C=O) groups is 1. The molecule has 0 radical (unpaired) electrons. The minimum Gasteiger partial charge on any atom is -0.489 e. The maximum absolute atomic E-state index is 12.7. The standard InChI is InChI=1S/C21H24N4O3/c1-12(19(26)25-10-8-21(6-7-21)9-11-25)22-20-24-23-18(28-20)16-15-13-4-2-3-5-14(13)27-17(15)16/h2-5,12,15-17H,6-11H2,1H3,(H,22,24). The van der Waals surface area contributed by atoms with Crippen molar-refractivity contribution in [3.8, 4) is 5.75 Å². The van der Waals surface area contributed by atoms with Gasteiger partial charge < -0.3 is 19.4 Å². The minimum atomic E-state index is -0.378. The number of benzene rings is 1. The average molecular weight is 380 g/mol. The fourth-order valence-electron chi connectivity index (χ4n) is 4.93. The van der Waals surface area contributed by atoms with Crippen LogP contribution in [0.2, 0.25) is 0 Å². The first-order valence-corrected chi connectivity index (χ1v) is 10.3. The number of rotatable bonds is 4. The summed E-state index contributed by atoms with van der Waals surface area (Å²) in [5, 5.41) is 11.4. The Balaban J connectivity index is 1.09. The topological polar surface area (TPSA) is 80.5 Å². The van der Waals surface area contributed by atoms with Gasteiger partial charge in [0.1, 0.15) is 17.9 Å². The molecule has 146 valence electrons. The van der Waals surface area contributed by atoms with Crippen LogP contribution in [0.3, 0.4) is 0 Å². The Morgan fingerprint density at radius 2 is 1.96 bits per heavy atom. The van der Waals surface area contributed by atoms with Gasteiger partial charge in [0.05, 0.1) is 5.92 Å². The largest absolute Gasteiger partial charge is 0.489 e. The molecule has 7 nitrogen and oxygen atoms in total. The van der Waals surface area contributed by atoms with E-state index in [1.807, 2.05) is 30.0 Å². The number of nitrogens with zero attached hydrogens (tertiary/aromatic N) is 3. The van der Waals surface area contributed by atoms with E-state index in [1.54, 1.807) is 0 Å². The molecule has 1 spiro atoms. The van der Waals surface area contributed by atoms with E-state index < -0.39 is 0 Å². The Labute approximate surface area is 163 Å². The van der Waals surface area contributed by atoms with Gasteiger partial charge in [0.25, 0.3) is 0 Å². The molecule has 1 aromatic heterocycles. The zero-order chi connectivity index (χ0) is 18.9. The Kier molecular flexibility index (Phi) is 3.35. The number of piperidine rings is 1. The first-order chi connectivity index (χ1) is 13.6. The minimum absolute atomic E-state index is 0.0906. The monoisotopic (exact) mass is 380 g/mol. The predicted molar refractivity (Wildman–Crippen MR) is 101 cm³/mol. The van der Waals surface area contributed by atoms with Crippen LogP contribution in [-0.4, -0.2) is 46.2 Å². The van der Waals surface area contributed by atoms with Crippen LogP contribution < -0.4 is 10.1 Å². The summed E-state index contributed by atoms with van der Waals surface area (Å²) in [6, 6.07) is 8.04. The van der Waals surface area contributed by atoms with Crippen LogP contribution >= 0.6 is 0 Å². The Morgan fingerprint density at radius 3 is 2.75 bits per heavy atom. The molecule has 4 unspecified atom stereocenters. The lowest BCUT2D eigenvalue weighted by atomic mass is 9.93. The number of hydrogen-bond donors (Lipinski definition) is 1. The Morgan fingerprint density at radius 1 is 1.18 bits per heavy atom. The van der Waals surface area contributed by atoms with Gasteiger partial charge >= 0.3 is 6.01 Å². The van der Waals surface area contributed by atoms with Crippen LogP contribution in [0.5, 0.6) is 5.75 Å². The number of fused-ring (bicyclic) bond motifs is 3. The molecule has 7 heteroatoms. The van der Waals surface area contributed by atoms with Crippen LogP contribution in [-0.2, 0) is 4.79 Å². The molecule has 4 atom stereocenters. The molecule has 1 saturated heterocycles. The molecule has 1 aromatic carbocycles. The summed E-state index contributed by atoms with van der Waals surface area (Å²) in [6.45, 7) is 3.59. The maximum Gasteiger partial charge on any atom is 0.316 e. The lowest BCUT2D eigenvalue weighted by Gasteiger charge is -2.33. The van der Waals surface area contributed by atoms with Crippen molar-refractivity contribution in [3.63, 3.8) is 0 Å². The Bertz CT molecular complexity index is 927. The lowest BCUT2D eigenvalue weighted by Crippen LogP contribution is -2.45. The number of amides is 1. The van der Waals surface area contributed by atoms with Crippen LogP contribution in [0.4, 0.5) is 6.01 Å². The smallest absolute Gasteiger partial charge is 0.316 e. The lowest BCUT2D eigenvalue weighted by molar-refractivity contribution is -0.133. The fraction of sp³-hybridized carbons (Fsp3) is 0.571. The number of ether oxygens (including phenoxy) is 1.